The highest BCUT2D eigenvalue weighted by Gasteiger charge is 2.35. The molecule has 2 saturated heterocycles. The van der Waals surface area contributed by atoms with E-state index in [2.05, 4.69) is 58.7 Å². The maximum Gasteiger partial charge on any atom is 0.0351 e. The van der Waals surface area contributed by atoms with E-state index in [4.69, 9.17) is 0 Å². The van der Waals surface area contributed by atoms with Crippen LogP contribution in [0.3, 0.4) is 0 Å². The molecule has 0 bridgehead atoms. The largest absolute Gasteiger partial charge is 0.388 e. The zero-order valence-corrected chi connectivity index (χ0v) is 15.2. The van der Waals surface area contributed by atoms with Crippen molar-refractivity contribution >= 4 is 17.4 Å². The minimum Gasteiger partial charge on any atom is -0.388 e. The molecule has 0 aromatic heterocycles. The second-order valence-electron chi connectivity index (χ2n) is 6.93. The van der Waals surface area contributed by atoms with Crippen LogP contribution in [0.15, 0.2) is 58.3 Å². The van der Waals surface area contributed by atoms with E-state index in [1.165, 1.54) is 54.0 Å². The summed E-state index contributed by atoms with van der Waals surface area (Å²) < 4.78 is 0. The molecule has 0 spiro atoms. The molecule has 0 aliphatic carbocycles. The highest BCUT2D eigenvalue weighted by Crippen LogP contribution is 2.40. The summed E-state index contributed by atoms with van der Waals surface area (Å²) in [6, 6.07) is 19.4. The van der Waals surface area contributed by atoms with E-state index >= 15 is 0 Å². The first-order chi connectivity index (χ1) is 11.8. The number of rotatable bonds is 4. The van der Waals surface area contributed by atoms with Crippen LogP contribution < -0.4 is 5.32 Å². The number of piperidine rings is 1. The van der Waals surface area contributed by atoms with E-state index in [0.29, 0.717) is 6.04 Å². The quantitative estimate of drug-likeness (QED) is 0.784. The van der Waals surface area contributed by atoms with Crippen LogP contribution in [-0.2, 0) is 0 Å². The fourth-order valence-electron chi connectivity index (χ4n) is 4.20. The Bertz CT molecular complexity index is 665. The van der Waals surface area contributed by atoms with Gasteiger partial charge in [-0.3, -0.25) is 4.90 Å². The Balaban J connectivity index is 1.44. The zero-order valence-electron chi connectivity index (χ0n) is 14.4. The molecule has 2 atom stereocenters. The van der Waals surface area contributed by atoms with Crippen molar-refractivity contribution in [1.82, 2.24) is 4.90 Å². The van der Waals surface area contributed by atoms with Gasteiger partial charge in [-0.2, -0.15) is 0 Å². The number of hydrogen-bond donors (Lipinski definition) is 1. The van der Waals surface area contributed by atoms with Gasteiger partial charge in [0.05, 0.1) is 0 Å². The molecule has 2 fully saturated rings. The summed E-state index contributed by atoms with van der Waals surface area (Å²) >= 11 is 1.84. The van der Waals surface area contributed by atoms with Gasteiger partial charge in [-0.15, -0.1) is 0 Å². The van der Waals surface area contributed by atoms with Gasteiger partial charge < -0.3 is 5.32 Å². The molecule has 2 heterocycles. The topological polar surface area (TPSA) is 15.3 Å². The van der Waals surface area contributed by atoms with Gasteiger partial charge >= 0.3 is 0 Å². The van der Waals surface area contributed by atoms with E-state index in [1.54, 1.807) is 0 Å². The van der Waals surface area contributed by atoms with Gasteiger partial charge in [0.2, 0.25) is 0 Å². The number of nitrogens with one attached hydrogen (secondary N) is 1. The molecule has 3 heteroatoms. The van der Waals surface area contributed by atoms with Crippen LogP contribution in [0.25, 0.3) is 0 Å². The highest BCUT2D eigenvalue weighted by molar-refractivity contribution is 7.99. The van der Waals surface area contributed by atoms with Gasteiger partial charge in [-0.05, 0) is 74.2 Å². The molecule has 2 aliphatic rings. The van der Waals surface area contributed by atoms with E-state index in [0.717, 1.165) is 11.7 Å². The van der Waals surface area contributed by atoms with Crippen molar-refractivity contribution in [3.8, 4) is 0 Å². The number of hydrogen-bond acceptors (Lipinski definition) is 3. The summed E-state index contributed by atoms with van der Waals surface area (Å²) in [7, 11) is 1.96. The van der Waals surface area contributed by atoms with Crippen LogP contribution in [0.1, 0.15) is 43.7 Å². The third kappa shape index (κ3) is 3.33. The van der Waals surface area contributed by atoms with Gasteiger partial charge in [0, 0.05) is 34.6 Å². The van der Waals surface area contributed by atoms with Crippen molar-refractivity contribution in [2.45, 2.75) is 54.0 Å². The van der Waals surface area contributed by atoms with Gasteiger partial charge in [0.15, 0.2) is 0 Å². The molecule has 2 aromatic carbocycles. The Morgan fingerprint density at radius 1 is 0.875 bits per heavy atom. The van der Waals surface area contributed by atoms with Crippen molar-refractivity contribution in [2.24, 2.45) is 0 Å². The Labute approximate surface area is 149 Å². The lowest BCUT2D eigenvalue weighted by Crippen LogP contribution is -2.35. The van der Waals surface area contributed by atoms with Crippen molar-refractivity contribution < 1.29 is 0 Å². The van der Waals surface area contributed by atoms with Crippen molar-refractivity contribution in [2.75, 3.05) is 18.9 Å². The molecule has 2 aliphatic heterocycles. The zero-order chi connectivity index (χ0) is 16.4. The molecule has 0 amide bonds. The molecule has 0 unspecified atom stereocenters. The summed E-state index contributed by atoms with van der Waals surface area (Å²) in [6.07, 6.45) is 6.94. The van der Waals surface area contributed by atoms with Crippen molar-refractivity contribution in [3.63, 3.8) is 0 Å². The van der Waals surface area contributed by atoms with Crippen LogP contribution in [-0.4, -0.2) is 24.5 Å². The van der Waals surface area contributed by atoms with E-state index in [1.807, 2.05) is 18.8 Å². The normalized spacial score (nSPS) is 23.9. The maximum atomic E-state index is 3.17. The lowest BCUT2D eigenvalue weighted by molar-refractivity contribution is 0.150. The monoisotopic (exact) mass is 338 g/mol. The SMILES string of the molecule is CNc1ccc(Sc2ccc([C@@H]3CC[C@@H]4CCCCN43)cc2)cc1. The molecule has 0 saturated carbocycles. The van der Waals surface area contributed by atoms with Crippen LogP contribution in [0.4, 0.5) is 5.69 Å². The summed E-state index contributed by atoms with van der Waals surface area (Å²) in [4.78, 5) is 5.38. The van der Waals surface area contributed by atoms with E-state index in [-0.39, 0.29) is 0 Å². The van der Waals surface area contributed by atoms with Crippen molar-refractivity contribution in [1.29, 1.82) is 0 Å². The molecule has 1 N–H and O–H groups in total. The first-order valence-corrected chi connectivity index (χ1v) is 9.96. The summed E-state index contributed by atoms with van der Waals surface area (Å²) in [5.41, 5.74) is 2.67. The predicted molar refractivity (Wildman–Crippen MR) is 103 cm³/mol. The Morgan fingerprint density at radius 2 is 1.58 bits per heavy atom. The van der Waals surface area contributed by atoms with Gasteiger partial charge in [-0.25, -0.2) is 0 Å². The molecule has 24 heavy (non-hydrogen) atoms. The van der Waals surface area contributed by atoms with Gasteiger partial charge in [0.25, 0.3) is 0 Å². The molecule has 126 valence electrons. The first-order valence-electron chi connectivity index (χ1n) is 9.15. The van der Waals surface area contributed by atoms with Gasteiger partial charge in [0.1, 0.15) is 0 Å². The standard InChI is InChI=1S/C21H26N2S/c1-22-17-7-12-20(13-8-17)24-19-10-5-16(6-11-19)21-14-9-18-4-2-3-15-23(18)21/h5-8,10-13,18,21-22H,2-4,9,14-15H2,1H3/t18-,21-/m0/s1. The smallest absolute Gasteiger partial charge is 0.0351 e. The number of anilines is 1. The van der Waals surface area contributed by atoms with Crippen molar-refractivity contribution in [3.05, 3.63) is 54.1 Å². The first kappa shape index (κ1) is 16.0. The van der Waals surface area contributed by atoms with Crippen LogP contribution >= 0.6 is 11.8 Å². The number of benzene rings is 2. The lowest BCUT2D eigenvalue weighted by Gasteiger charge is -2.34. The van der Waals surface area contributed by atoms with Gasteiger partial charge in [-0.1, -0.05) is 30.3 Å². The molecule has 2 nitrogen and oxygen atoms in total. The average Bonchev–Trinajstić information content (AvgIpc) is 3.07. The average molecular weight is 339 g/mol. The van der Waals surface area contributed by atoms with Crippen LogP contribution in [0, 0.1) is 0 Å². The second kappa shape index (κ2) is 7.20. The predicted octanol–water partition coefficient (Wildman–Crippen LogP) is 5.57. The van der Waals surface area contributed by atoms with Crippen LogP contribution in [0.5, 0.6) is 0 Å². The third-order valence-corrected chi connectivity index (χ3v) is 6.51. The summed E-state index contributed by atoms with van der Waals surface area (Å²) in [5, 5.41) is 3.17. The minimum atomic E-state index is 0.657. The van der Waals surface area contributed by atoms with E-state index < -0.39 is 0 Å². The Hall–Kier alpha value is -1.45. The maximum absolute atomic E-state index is 3.17. The highest BCUT2D eigenvalue weighted by atomic mass is 32.2. The molecule has 4 rings (SSSR count). The van der Waals surface area contributed by atoms with E-state index in [9.17, 15) is 0 Å². The molecule has 2 aromatic rings. The second-order valence-corrected chi connectivity index (χ2v) is 8.07. The minimum absolute atomic E-state index is 0.657. The fraction of sp³-hybridized carbons (Fsp3) is 0.429. The summed E-state index contributed by atoms with van der Waals surface area (Å²) in [5.74, 6) is 0. The fourth-order valence-corrected chi connectivity index (χ4v) is 5.02. The molecular formula is C21H26N2S. The molecule has 0 radical (unpaired) electrons. The lowest BCUT2D eigenvalue weighted by atomic mass is 10.0. The van der Waals surface area contributed by atoms with Crippen LogP contribution in [0.2, 0.25) is 0 Å². The Kier molecular flexibility index (Phi) is 4.81. The molecular weight excluding hydrogens is 312 g/mol. The number of fused-ring (bicyclic) bond motifs is 1. The summed E-state index contributed by atoms with van der Waals surface area (Å²) in [6.45, 7) is 1.30. The Morgan fingerprint density at radius 3 is 2.29 bits per heavy atom. The third-order valence-electron chi connectivity index (χ3n) is 5.49. The number of nitrogens with zero attached hydrogens (tertiary/aromatic N) is 1.